The first-order valence-electron chi connectivity index (χ1n) is 8.12. The van der Waals surface area contributed by atoms with Gasteiger partial charge in [0.1, 0.15) is 0 Å². The van der Waals surface area contributed by atoms with E-state index in [2.05, 4.69) is 5.32 Å². The molecule has 0 spiro atoms. The molecule has 2 aromatic carbocycles. The van der Waals surface area contributed by atoms with Crippen molar-refractivity contribution in [1.29, 1.82) is 0 Å². The summed E-state index contributed by atoms with van der Waals surface area (Å²) in [6.07, 6.45) is 0. The van der Waals surface area contributed by atoms with Crippen LogP contribution in [-0.2, 0) is 9.84 Å². The molecule has 0 aliphatic carbocycles. The zero-order valence-corrected chi connectivity index (χ0v) is 15.6. The summed E-state index contributed by atoms with van der Waals surface area (Å²) in [5.74, 6) is -3.03. The van der Waals surface area contributed by atoms with Crippen molar-refractivity contribution in [2.24, 2.45) is 0 Å². The first-order valence-corrected chi connectivity index (χ1v) is 9.67. The Morgan fingerprint density at radius 2 is 1.59 bits per heavy atom. The number of ether oxygens (including phenoxy) is 2. The molecule has 27 heavy (non-hydrogen) atoms. The van der Waals surface area contributed by atoms with Crippen LogP contribution in [0.25, 0.3) is 0 Å². The van der Waals surface area contributed by atoms with Gasteiger partial charge >= 0.3 is 5.76 Å². The summed E-state index contributed by atoms with van der Waals surface area (Å²) in [5.41, 5.74) is 0.561. The van der Waals surface area contributed by atoms with Gasteiger partial charge in [0.15, 0.2) is 11.5 Å². The number of alkyl halides is 2. The predicted molar refractivity (Wildman–Crippen MR) is 96.4 cm³/mol. The van der Waals surface area contributed by atoms with Crippen molar-refractivity contribution in [3.8, 4) is 11.5 Å². The third kappa shape index (κ3) is 4.94. The molecule has 0 saturated heterocycles. The lowest BCUT2D eigenvalue weighted by Crippen LogP contribution is -2.14. The van der Waals surface area contributed by atoms with Gasteiger partial charge in [0.2, 0.25) is 9.84 Å². The Hall–Kier alpha value is -2.68. The fourth-order valence-electron chi connectivity index (χ4n) is 2.23. The average Bonchev–Trinajstić information content (AvgIpc) is 2.64. The molecule has 0 aliphatic rings. The monoisotopic (exact) mass is 399 g/mol. The van der Waals surface area contributed by atoms with Gasteiger partial charge in [-0.25, -0.2) is 8.42 Å². The lowest BCUT2D eigenvalue weighted by Gasteiger charge is -2.13. The predicted octanol–water partition coefficient (Wildman–Crippen LogP) is 3.73. The zero-order chi connectivity index (χ0) is 20.0. The minimum atomic E-state index is -4.70. The number of rotatable bonds is 8. The number of amides is 1. The number of nitrogens with one attached hydrogen (secondary N) is 1. The molecule has 0 radical (unpaired) electrons. The number of carbonyl (C=O) groups excluding carboxylic acids is 1. The van der Waals surface area contributed by atoms with E-state index in [4.69, 9.17) is 9.47 Å². The van der Waals surface area contributed by atoms with Gasteiger partial charge in [0.25, 0.3) is 5.91 Å². The van der Waals surface area contributed by atoms with Crippen LogP contribution >= 0.6 is 0 Å². The number of anilines is 1. The molecular weight excluding hydrogens is 380 g/mol. The second-order valence-electron chi connectivity index (χ2n) is 5.31. The highest BCUT2D eigenvalue weighted by Gasteiger charge is 2.26. The second kappa shape index (κ2) is 8.81. The van der Waals surface area contributed by atoms with Crippen molar-refractivity contribution in [2.45, 2.75) is 24.5 Å². The van der Waals surface area contributed by atoms with Crippen LogP contribution in [-0.4, -0.2) is 33.3 Å². The molecule has 1 N–H and O–H groups in total. The van der Waals surface area contributed by atoms with Gasteiger partial charge in [-0.2, -0.15) is 8.78 Å². The summed E-state index contributed by atoms with van der Waals surface area (Å²) in [6.45, 7) is 4.52. The summed E-state index contributed by atoms with van der Waals surface area (Å²) < 4.78 is 58.8. The Balaban J connectivity index is 2.18. The molecule has 0 fully saturated rings. The number of hydrogen-bond donors (Lipinski definition) is 1. The largest absolute Gasteiger partial charge is 0.490 e. The molecule has 0 unspecified atom stereocenters. The molecule has 2 rings (SSSR count). The first kappa shape index (κ1) is 20.6. The Morgan fingerprint density at radius 3 is 2.15 bits per heavy atom. The summed E-state index contributed by atoms with van der Waals surface area (Å²) in [4.78, 5) is 11.8. The summed E-state index contributed by atoms with van der Waals surface area (Å²) in [5, 5.41) is 2.64. The number of carbonyl (C=O) groups is 1. The van der Waals surface area contributed by atoms with Crippen molar-refractivity contribution in [2.75, 3.05) is 18.5 Å². The minimum absolute atomic E-state index is 0.120. The topological polar surface area (TPSA) is 81.7 Å². The zero-order valence-electron chi connectivity index (χ0n) is 14.7. The fourth-order valence-corrected chi connectivity index (χ4v) is 2.95. The second-order valence-corrected chi connectivity index (χ2v) is 7.23. The van der Waals surface area contributed by atoms with E-state index in [1.165, 1.54) is 12.1 Å². The van der Waals surface area contributed by atoms with Crippen molar-refractivity contribution in [1.82, 2.24) is 0 Å². The van der Waals surface area contributed by atoms with E-state index in [0.717, 1.165) is 12.1 Å². The van der Waals surface area contributed by atoms with E-state index in [9.17, 15) is 22.0 Å². The normalized spacial score (nSPS) is 11.3. The Bertz CT molecular complexity index is 898. The lowest BCUT2D eigenvalue weighted by atomic mass is 10.2. The van der Waals surface area contributed by atoms with Crippen LogP contribution in [0.2, 0.25) is 0 Å². The van der Waals surface area contributed by atoms with Gasteiger partial charge in [0, 0.05) is 17.3 Å². The quantitative estimate of drug-likeness (QED) is 0.731. The van der Waals surface area contributed by atoms with Gasteiger partial charge < -0.3 is 14.8 Å². The van der Waals surface area contributed by atoms with Gasteiger partial charge in [-0.1, -0.05) is 0 Å². The summed E-state index contributed by atoms with van der Waals surface area (Å²) in [7, 11) is -4.70. The summed E-state index contributed by atoms with van der Waals surface area (Å²) in [6, 6.07) is 9.16. The van der Waals surface area contributed by atoms with Crippen molar-refractivity contribution in [3.05, 3.63) is 48.0 Å². The molecule has 0 bridgehead atoms. The van der Waals surface area contributed by atoms with Crippen LogP contribution < -0.4 is 14.8 Å². The highest BCUT2D eigenvalue weighted by atomic mass is 32.2. The van der Waals surface area contributed by atoms with E-state index < -0.39 is 26.4 Å². The average molecular weight is 399 g/mol. The van der Waals surface area contributed by atoms with E-state index in [-0.39, 0.29) is 5.56 Å². The van der Waals surface area contributed by atoms with E-state index in [1.54, 1.807) is 18.2 Å². The molecule has 0 heterocycles. The molecular formula is C18H19F2NO5S. The molecule has 2 aromatic rings. The SMILES string of the molecule is CCOc1ccc(NC(=O)c2ccc(S(=O)(=O)C(F)F)cc2)cc1OCC. The van der Waals surface area contributed by atoms with E-state index >= 15 is 0 Å². The maximum absolute atomic E-state index is 12.5. The molecule has 146 valence electrons. The van der Waals surface area contributed by atoms with E-state index in [1.807, 2.05) is 13.8 Å². The maximum atomic E-state index is 12.5. The first-order chi connectivity index (χ1) is 12.8. The van der Waals surface area contributed by atoms with Crippen LogP contribution in [0.15, 0.2) is 47.4 Å². The van der Waals surface area contributed by atoms with Crippen molar-refractivity contribution < 1.29 is 31.5 Å². The fraction of sp³-hybridized carbons (Fsp3) is 0.278. The Labute approximate surface area is 156 Å². The Kier molecular flexibility index (Phi) is 6.73. The maximum Gasteiger partial charge on any atom is 0.341 e. The highest BCUT2D eigenvalue weighted by Crippen LogP contribution is 2.31. The lowest BCUT2D eigenvalue weighted by molar-refractivity contribution is 0.102. The van der Waals surface area contributed by atoms with Gasteiger partial charge in [-0.05, 0) is 50.2 Å². The number of sulfone groups is 1. The standard InChI is InChI=1S/C18H19F2NO5S/c1-3-25-15-10-7-13(11-16(15)26-4-2)21-17(22)12-5-8-14(9-6-12)27(23,24)18(19)20/h5-11,18H,3-4H2,1-2H3,(H,21,22). The minimum Gasteiger partial charge on any atom is -0.490 e. The Morgan fingerprint density at radius 1 is 1.00 bits per heavy atom. The van der Waals surface area contributed by atoms with Crippen LogP contribution in [0.4, 0.5) is 14.5 Å². The van der Waals surface area contributed by atoms with Crippen LogP contribution in [0, 0.1) is 0 Å². The van der Waals surface area contributed by atoms with Gasteiger partial charge in [0.05, 0.1) is 18.1 Å². The third-order valence-electron chi connectivity index (χ3n) is 3.48. The van der Waals surface area contributed by atoms with E-state index in [0.29, 0.717) is 30.4 Å². The van der Waals surface area contributed by atoms with Crippen LogP contribution in [0.1, 0.15) is 24.2 Å². The number of halogens is 2. The molecule has 6 nitrogen and oxygen atoms in total. The number of hydrogen-bond acceptors (Lipinski definition) is 5. The van der Waals surface area contributed by atoms with Gasteiger partial charge in [-0.15, -0.1) is 0 Å². The van der Waals surface area contributed by atoms with Crippen LogP contribution in [0.3, 0.4) is 0 Å². The van der Waals surface area contributed by atoms with Gasteiger partial charge in [-0.3, -0.25) is 4.79 Å². The molecule has 0 saturated carbocycles. The van der Waals surface area contributed by atoms with Crippen molar-refractivity contribution >= 4 is 21.4 Å². The molecule has 9 heteroatoms. The molecule has 0 atom stereocenters. The molecule has 0 aliphatic heterocycles. The molecule has 0 aromatic heterocycles. The third-order valence-corrected chi connectivity index (χ3v) is 4.88. The number of benzene rings is 2. The van der Waals surface area contributed by atoms with Crippen LogP contribution in [0.5, 0.6) is 11.5 Å². The van der Waals surface area contributed by atoms with Crippen molar-refractivity contribution in [3.63, 3.8) is 0 Å². The molecule has 1 amide bonds. The highest BCUT2D eigenvalue weighted by molar-refractivity contribution is 7.91. The summed E-state index contributed by atoms with van der Waals surface area (Å²) >= 11 is 0. The smallest absolute Gasteiger partial charge is 0.341 e.